The van der Waals surface area contributed by atoms with Gasteiger partial charge in [-0.25, -0.2) is 0 Å². The quantitative estimate of drug-likeness (QED) is 0.815. The summed E-state index contributed by atoms with van der Waals surface area (Å²) in [7, 11) is 0. The number of aromatic nitrogens is 1. The van der Waals surface area contributed by atoms with E-state index in [0.717, 1.165) is 48.8 Å². The van der Waals surface area contributed by atoms with E-state index in [1.807, 2.05) is 49.4 Å². The van der Waals surface area contributed by atoms with Gasteiger partial charge in [-0.1, -0.05) is 29.8 Å². The Hall–Kier alpha value is -2.70. The summed E-state index contributed by atoms with van der Waals surface area (Å²) >= 11 is 6.44. The highest BCUT2D eigenvalue weighted by atomic mass is 35.5. The minimum absolute atomic E-state index is 0.340. The van der Waals surface area contributed by atoms with Gasteiger partial charge in [0.1, 0.15) is 11.3 Å². The predicted octanol–water partition coefficient (Wildman–Crippen LogP) is 2.39. The summed E-state index contributed by atoms with van der Waals surface area (Å²) in [6, 6.07) is 10.9. The maximum absolute atomic E-state index is 12.7. The average molecular weight is 410 g/mol. The predicted molar refractivity (Wildman–Crippen MR) is 116 cm³/mol. The Balaban J connectivity index is 1.75. The molecule has 1 amide bonds. The molecule has 0 bridgehead atoms. The Morgan fingerprint density at radius 2 is 2.07 bits per heavy atom. The van der Waals surface area contributed by atoms with Crippen molar-refractivity contribution in [1.29, 1.82) is 0 Å². The third kappa shape index (κ3) is 3.54. The minimum Gasteiger partial charge on any atom is -0.369 e. The summed E-state index contributed by atoms with van der Waals surface area (Å²) in [6.45, 7) is 5.57. The third-order valence-electron chi connectivity index (χ3n) is 5.71. The zero-order chi connectivity index (χ0) is 20.4. The van der Waals surface area contributed by atoms with E-state index in [1.54, 1.807) is 12.3 Å². The van der Waals surface area contributed by atoms with Gasteiger partial charge in [0.15, 0.2) is 0 Å². The number of rotatable bonds is 3. The molecule has 2 unspecified atom stereocenters. The first-order valence-corrected chi connectivity index (χ1v) is 10.1. The van der Waals surface area contributed by atoms with E-state index in [0.29, 0.717) is 5.02 Å². The van der Waals surface area contributed by atoms with Crippen molar-refractivity contribution >= 4 is 23.3 Å². The number of primary amides is 1. The van der Waals surface area contributed by atoms with Gasteiger partial charge in [-0.05, 0) is 42.8 Å². The number of amidine groups is 1. The molecule has 0 radical (unpaired) electrons. The maximum atomic E-state index is 12.7. The van der Waals surface area contributed by atoms with Gasteiger partial charge in [-0.2, -0.15) is 0 Å². The number of amides is 1. The molecule has 1 fully saturated rings. The van der Waals surface area contributed by atoms with Crippen molar-refractivity contribution < 1.29 is 4.79 Å². The van der Waals surface area contributed by atoms with Crippen LogP contribution in [0.15, 0.2) is 59.7 Å². The van der Waals surface area contributed by atoms with Crippen molar-refractivity contribution in [3.8, 4) is 11.3 Å². The lowest BCUT2D eigenvalue weighted by Gasteiger charge is -2.38. The Labute approximate surface area is 175 Å². The van der Waals surface area contributed by atoms with Crippen LogP contribution in [0, 0.1) is 0 Å². The average Bonchev–Trinajstić information content (AvgIpc) is 2.75. The number of carbonyl (C=O) groups is 1. The highest BCUT2D eigenvalue weighted by Crippen LogP contribution is 2.38. The van der Waals surface area contributed by atoms with Crippen molar-refractivity contribution in [2.24, 2.45) is 10.7 Å². The number of nitrogens with two attached hydrogens (primary N) is 1. The lowest BCUT2D eigenvalue weighted by Crippen LogP contribution is -2.52. The molecule has 1 saturated heterocycles. The molecule has 0 saturated carbocycles. The third-order valence-corrected chi connectivity index (χ3v) is 6.04. The van der Waals surface area contributed by atoms with Crippen LogP contribution in [0.5, 0.6) is 0 Å². The van der Waals surface area contributed by atoms with Gasteiger partial charge < -0.3 is 16.0 Å². The molecular weight excluding hydrogens is 386 g/mol. The first kappa shape index (κ1) is 19.6. The molecule has 29 heavy (non-hydrogen) atoms. The number of carbonyl (C=O) groups excluding carboxylic acids is 1. The number of dihydropyridines is 1. The molecule has 1 aromatic heterocycles. The Bertz CT molecular complexity index is 968. The summed E-state index contributed by atoms with van der Waals surface area (Å²) < 4.78 is 0. The zero-order valence-electron chi connectivity index (χ0n) is 16.3. The van der Waals surface area contributed by atoms with Gasteiger partial charge in [0.05, 0.1) is 11.7 Å². The van der Waals surface area contributed by atoms with Gasteiger partial charge >= 0.3 is 0 Å². The van der Waals surface area contributed by atoms with Crippen molar-refractivity contribution in [1.82, 2.24) is 15.2 Å². The largest absolute Gasteiger partial charge is 0.369 e. The fraction of sp³-hybridized carbons (Fsp3) is 0.318. The van der Waals surface area contributed by atoms with Crippen LogP contribution in [0.2, 0.25) is 5.02 Å². The zero-order valence-corrected chi connectivity index (χ0v) is 17.1. The van der Waals surface area contributed by atoms with E-state index in [-0.39, 0.29) is 6.04 Å². The van der Waals surface area contributed by atoms with E-state index in [9.17, 15) is 4.79 Å². The van der Waals surface area contributed by atoms with E-state index in [4.69, 9.17) is 22.3 Å². The van der Waals surface area contributed by atoms with Gasteiger partial charge in [0.2, 0.25) is 5.91 Å². The van der Waals surface area contributed by atoms with Crippen LogP contribution >= 0.6 is 11.6 Å². The molecule has 2 aliphatic heterocycles. The number of hydrogen-bond donors (Lipinski definition) is 2. The molecule has 6 nitrogen and oxygen atoms in total. The summed E-state index contributed by atoms with van der Waals surface area (Å²) in [4.78, 5) is 24.2. The number of pyridine rings is 1. The van der Waals surface area contributed by atoms with Gasteiger partial charge in [0, 0.05) is 43.0 Å². The minimum atomic E-state index is -1.04. The van der Waals surface area contributed by atoms with Gasteiger partial charge in [-0.3, -0.25) is 14.8 Å². The summed E-state index contributed by atoms with van der Waals surface area (Å²) in [5.41, 5.74) is 7.19. The summed E-state index contributed by atoms with van der Waals surface area (Å²) in [6.07, 6.45) is 5.54. The lowest BCUT2D eigenvalue weighted by molar-refractivity contribution is -0.122. The topological polar surface area (TPSA) is 83.6 Å². The molecule has 2 aliphatic rings. The molecule has 2 atom stereocenters. The fourth-order valence-corrected chi connectivity index (χ4v) is 4.25. The highest BCUT2D eigenvalue weighted by Gasteiger charge is 2.44. The van der Waals surface area contributed by atoms with Crippen LogP contribution in [0.4, 0.5) is 0 Å². The Morgan fingerprint density at radius 1 is 1.28 bits per heavy atom. The van der Waals surface area contributed by atoms with Crippen molar-refractivity contribution in [3.05, 3.63) is 65.3 Å². The highest BCUT2D eigenvalue weighted by molar-refractivity contribution is 6.33. The Kier molecular flexibility index (Phi) is 5.39. The molecular formula is C22H24ClN5O. The second kappa shape index (κ2) is 7.97. The smallest absolute Gasteiger partial charge is 0.234 e. The second-order valence-electron chi connectivity index (χ2n) is 7.38. The molecule has 150 valence electrons. The van der Waals surface area contributed by atoms with Crippen LogP contribution in [0.1, 0.15) is 12.5 Å². The SMILES string of the molecule is CC1N=C(N2CCNCC2)C=CC1(C(N)=O)c1ccc(Cl)c(-c2ccccn2)c1. The molecule has 0 aliphatic carbocycles. The number of hydrogen-bond acceptors (Lipinski definition) is 5. The molecule has 0 spiro atoms. The number of nitrogens with one attached hydrogen (secondary N) is 1. The molecule has 3 heterocycles. The monoisotopic (exact) mass is 409 g/mol. The fourth-order valence-electron chi connectivity index (χ4n) is 4.04. The molecule has 1 aromatic carbocycles. The van der Waals surface area contributed by atoms with Gasteiger partial charge in [-0.15, -0.1) is 0 Å². The van der Waals surface area contributed by atoms with Crippen LogP contribution < -0.4 is 11.1 Å². The maximum Gasteiger partial charge on any atom is 0.234 e. The van der Waals surface area contributed by atoms with E-state index >= 15 is 0 Å². The van der Waals surface area contributed by atoms with Crippen LogP contribution in [-0.2, 0) is 10.2 Å². The summed E-state index contributed by atoms with van der Waals surface area (Å²) in [5.74, 6) is 0.466. The Morgan fingerprint density at radius 3 is 2.72 bits per heavy atom. The van der Waals surface area contributed by atoms with E-state index in [2.05, 4.69) is 15.2 Å². The number of piperazine rings is 1. The molecule has 3 N–H and O–H groups in total. The van der Waals surface area contributed by atoms with Crippen molar-refractivity contribution in [3.63, 3.8) is 0 Å². The lowest BCUT2D eigenvalue weighted by atomic mass is 9.72. The van der Waals surface area contributed by atoms with E-state index < -0.39 is 11.3 Å². The standard InChI is InChI=1S/C22H24ClN5O/c1-15-22(21(24)29,8-7-20(27-15)28-12-10-25-11-13-28)16-5-6-18(23)17(14-16)19-4-2-3-9-26-19/h2-9,14-15,25H,10-13H2,1H3,(H2,24,29). The molecule has 7 heteroatoms. The first-order valence-electron chi connectivity index (χ1n) is 9.76. The van der Waals surface area contributed by atoms with Crippen LogP contribution in [0.3, 0.4) is 0 Å². The molecule has 2 aromatic rings. The number of aliphatic imine (C=N–C) groups is 1. The van der Waals surface area contributed by atoms with Gasteiger partial charge in [0.25, 0.3) is 0 Å². The number of benzene rings is 1. The van der Waals surface area contributed by atoms with Crippen LogP contribution in [0.25, 0.3) is 11.3 Å². The normalized spacial score (nSPS) is 24.3. The van der Waals surface area contributed by atoms with E-state index in [1.165, 1.54) is 0 Å². The van der Waals surface area contributed by atoms with Crippen LogP contribution in [-0.4, -0.2) is 53.8 Å². The van der Waals surface area contributed by atoms with Crippen molar-refractivity contribution in [2.75, 3.05) is 26.2 Å². The number of halogens is 1. The first-order chi connectivity index (χ1) is 14.0. The second-order valence-corrected chi connectivity index (χ2v) is 7.78. The van der Waals surface area contributed by atoms with Crippen molar-refractivity contribution in [2.45, 2.75) is 18.4 Å². The summed E-state index contributed by atoms with van der Waals surface area (Å²) in [5, 5.41) is 3.91. The molecule has 4 rings (SSSR count). The number of nitrogens with zero attached hydrogens (tertiary/aromatic N) is 3.